The number of carboxylic acids is 1. The number of carboxylic acid groups (broad SMARTS) is 1. The number of hydrogen-bond donors (Lipinski definition) is 2. The van der Waals surface area contributed by atoms with Gasteiger partial charge in [0.15, 0.2) is 0 Å². The fourth-order valence-corrected chi connectivity index (χ4v) is 2.51. The third-order valence-electron chi connectivity index (χ3n) is 3.92. The van der Waals surface area contributed by atoms with Crippen LogP contribution in [-0.2, 0) is 4.79 Å². The predicted molar refractivity (Wildman–Crippen MR) is 74.0 cm³/mol. The maximum absolute atomic E-state index is 12.1. The van der Waals surface area contributed by atoms with Gasteiger partial charge in [-0.3, -0.25) is 0 Å². The van der Waals surface area contributed by atoms with E-state index in [1.54, 1.807) is 18.7 Å². The molecule has 5 nitrogen and oxygen atoms in total. The molecule has 2 amide bonds. The largest absolute Gasteiger partial charge is 0.480 e. The lowest BCUT2D eigenvalue weighted by atomic mass is 9.98. The Labute approximate surface area is 115 Å². The molecule has 19 heavy (non-hydrogen) atoms. The molecule has 0 aromatic rings. The highest BCUT2D eigenvalue weighted by atomic mass is 16.4. The van der Waals surface area contributed by atoms with Crippen molar-refractivity contribution in [3.8, 4) is 0 Å². The molecule has 1 rings (SSSR count). The van der Waals surface area contributed by atoms with Crippen molar-refractivity contribution in [2.75, 3.05) is 13.1 Å². The van der Waals surface area contributed by atoms with Crippen molar-refractivity contribution >= 4 is 12.0 Å². The number of nitrogens with one attached hydrogen (secondary N) is 1. The van der Waals surface area contributed by atoms with Crippen LogP contribution in [0.25, 0.3) is 0 Å². The van der Waals surface area contributed by atoms with Gasteiger partial charge in [-0.2, -0.15) is 0 Å². The van der Waals surface area contributed by atoms with E-state index in [1.807, 2.05) is 0 Å². The van der Waals surface area contributed by atoms with Gasteiger partial charge in [0.25, 0.3) is 0 Å². The van der Waals surface area contributed by atoms with E-state index >= 15 is 0 Å². The number of carbonyl (C=O) groups is 2. The number of rotatable bonds is 4. The summed E-state index contributed by atoms with van der Waals surface area (Å²) in [4.78, 5) is 25.0. The molecule has 1 aliphatic rings. The first-order chi connectivity index (χ1) is 8.95. The topological polar surface area (TPSA) is 69.6 Å². The van der Waals surface area contributed by atoms with Gasteiger partial charge in [0.1, 0.15) is 6.04 Å². The maximum atomic E-state index is 12.1. The van der Waals surface area contributed by atoms with Crippen LogP contribution < -0.4 is 5.32 Å². The van der Waals surface area contributed by atoms with E-state index in [-0.39, 0.29) is 11.9 Å². The van der Waals surface area contributed by atoms with E-state index in [0.717, 1.165) is 38.8 Å². The molecule has 0 aliphatic carbocycles. The normalized spacial score (nSPS) is 21.9. The van der Waals surface area contributed by atoms with Gasteiger partial charge >= 0.3 is 12.0 Å². The van der Waals surface area contributed by atoms with Crippen molar-refractivity contribution < 1.29 is 14.7 Å². The fraction of sp³-hybridized carbons (Fsp3) is 0.857. The highest BCUT2D eigenvalue weighted by Gasteiger charge is 2.27. The summed E-state index contributed by atoms with van der Waals surface area (Å²) in [6.45, 7) is 7.24. The first-order valence-corrected chi connectivity index (χ1v) is 7.24. The molecule has 1 saturated heterocycles. The lowest BCUT2D eigenvalue weighted by Crippen LogP contribution is -2.50. The van der Waals surface area contributed by atoms with Gasteiger partial charge in [-0.15, -0.1) is 0 Å². The molecule has 5 heteroatoms. The summed E-state index contributed by atoms with van der Waals surface area (Å²) in [7, 11) is 0. The van der Waals surface area contributed by atoms with Crippen molar-refractivity contribution in [2.24, 2.45) is 11.8 Å². The van der Waals surface area contributed by atoms with Crippen LogP contribution in [0.15, 0.2) is 0 Å². The highest BCUT2D eigenvalue weighted by molar-refractivity contribution is 5.82. The smallest absolute Gasteiger partial charge is 0.326 e. The van der Waals surface area contributed by atoms with Gasteiger partial charge in [0.2, 0.25) is 0 Å². The quantitative estimate of drug-likeness (QED) is 0.823. The Kier molecular flexibility index (Phi) is 6.12. The van der Waals surface area contributed by atoms with Crippen LogP contribution in [-0.4, -0.2) is 41.1 Å². The lowest BCUT2D eigenvalue weighted by Gasteiger charge is -2.25. The molecule has 0 aromatic heterocycles. The summed E-state index contributed by atoms with van der Waals surface area (Å²) >= 11 is 0. The van der Waals surface area contributed by atoms with Crippen LogP contribution in [0.2, 0.25) is 0 Å². The third-order valence-corrected chi connectivity index (χ3v) is 3.92. The Morgan fingerprint density at radius 2 is 2.00 bits per heavy atom. The van der Waals surface area contributed by atoms with E-state index in [9.17, 15) is 9.59 Å². The molecule has 2 atom stereocenters. The summed E-state index contributed by atoms with van der Waals surface area (Å²) in [5.41, 5.74) is 0. The molecule has 1 heterocycles. The first-order valence-electron chi connectivity index (χ1n) is 7.24. The van der Waals surface area contributed by atoms with E-state index in [1.165, 1.54) is 0 Å². The minimum Gasteiger partial charge on any atom is -0.480 e. The van der Waals surface area contributed by atoms with Crippen LogP contribution in [0.4, 0.5) is 4.79 Å². The fourth-order valence-electron chi connectivity index (χ4n) is 2.51. The second-order valence-corrected chi connectivity index (χ2v) is 5.70. The molecule has 0 bridgehead atoms. The van der Waals surface area contributed by atoms with Crippen molar-refractivity contribution in [3.63, 3.8) is 0 Å². The molecule has 0 aromatic carbocycles. The minimum atomic E-state index is -0.968. The summed E-state index contributed by atoms with van der Waals surface area (Å²) in [5, 5.41) is 11.7. The number of likely N-dealkylation sites (tertiary alicyclic amines) is 1. The predicted octanol–water partition coefficient (Wildman–Crippen LogP) is 2.32. The minimum absolute atomic E-state index is 0.114. The molecule has 2 N–H and O–H groups in total. The van der Waals surface area contributed by atoms with E-state index in [2.05, 4.69) is 12.2 Å². The SMILES string of the molecule is CCC1CCCN(C(=O)N[C@@H](C(=O)O)C(C)C)CC1. The molecular weight excluding hydrogens is 244 g/mol. The Balaban J connectivity index is 2.55. The molecule has 0 radical (unpaired) electrons. The number of urea groups is 1. The number of amides is 2. The molecule has 0 saturated carbocycles. The van der Waals surface area contributed by atoms with Crippen molar-refractivity contribution in [3.05, 3.63) is 0 Å². The van der Waals surface area contributed by atoms with Crippen molar-refractivity contribution in [1.29, 1.82) is 0 Å². The van der Waals surface area contributed by atoms with E-state index in [0.29, 0.717) is 5.92 Å². The standard InChI is InChI=1S/C14H26N2O3/c1-4-11-6-5-8-16(9-7-11)14(19)15-12(10(2)3)13(17)18/h10-12H,4-9H2,1-3H3,(H,15,19)(H,17,18)/t11?,12-/m1/s1. The second-order valence-electron chi connectivity index (χ2n) is 5.70. The summed E-state index contributed by atoms with van der Waals surface area (Å²) in [6, 6.07) is -1.05. The second kappa shape index (κ2) is 7.36. The van der Waals surface area contributed by atoms with Gasteiger partial charge in [0.05, 0.1) is 0 Å². The summed E-state index contributed by atoms with van der Waals surface area (Å²) < 4.78 is 0. The van der Waals surface area contributed by atoms with E-state index < -0.39 is 12.0 Å². The van der Waals surface area contributed by atoms with Gasteiger partial charge in [0, 0.05) is 13.1 Å². The molecule has 0 spiro atoms. The summed E-state index contributed by atoms with van der Waals surface area (Å²) in [5.74, 6) is -0.389. The zero-order valence-corrected chi connectivity index (χ0v) is 12.2. The maximum Gasteiger partial charge on any atom is 0.326 e. The molecular formula is C14H26N2O3. The number of nitrogens with zero attached hydrogens (tertiary/aromatic N) is 1. The van der Waals surface area contributed by atoms with Crippen LogP contribution in [0.5, 0.6) is 0 Å². The molecule has 110 valence electrons. The number of hydrogen-bond acceptors (Lipinski definition) is 2. The Hall–Kier alpha value is -1.26. The lowest BCUT2D eigenvalue weighted by molar-refractivity contribution is -0.140. The van der Waals surface area contributed by atoms with Gasteiger partial charge in [-0.1, -0.05) is 27.2 Å². The van der Waals surface area contributed by atoms with Crippen LogP contribution >= 0.6 is 0 Å². The van der Waals surface area contributed by atoms with Crippen molar-refractivity contribution in [2.45, 2.75) is 52.5 Å². The third kappa shape index (κ3) is 4.73. The first kappa shape index (κ1) is 15.8. The van der Waals surface area contributed by atoms with Gasteiger partial charge in [-0.25, -0.2) is 9.59 Å². The number of carbonyl (C=O) groups excluding carboxylic acids is 1. The Morgan fingerprint density at radius 1 is 1.32 bits per heavy atom. The average molecular weight is 270 g/mol. The Bertz CT molecular complexity index is 318. The van der Waals surface area contributed by atoms with Crippen molar-refractivity contribution in [1.82, 2.24) is 10.2 Å². The zero-order valence-electron chi connectivity index (χ0n) is 12.2. The van der Waals surface area contributed by atoms with Gasteiger partial charge in [-0.05, 0) is 31.1 Å². The number of aliphatic carboxylic acids is 1. The average Bonchev–Trinajstić information content (AvgIpc) is 2.59. The highest BCUT2D eigenvalue weighted by Crippen LogP contribution is 2.20. The molecule has 1 unspecified atom stereocenters. The molecule has 1 aliphatic heterocycles. The Morgan fingerprint density at radius 3 is 2.53 bits per heavy atom. The van der Waals surface area contributed by atoms with Crippen LogP contribution in [0.1, 0.15) is 46.5 Å². The zero-order chi connectivity index (χ0) is 14.4. The molecule has 1 fully saturated rings. The van der Waals surface area contributed by atoms with Crippen LogP contribution in [0.3, 0.4) is 0 Å². The van der Waals surface area contributed by atoms with Gasteiger partial charge < -0.3 is 15.3 Å². The van der Waals surface area contributed by atoms with Crippen LogP contribution in [0, 0.1) is 11.8 Å². The summed E-state index contributed by atoms with van der Waals surface area (Å²) in [6.07, 6.45) is 4.33. The van der Waals surface area contributed by atoms with E-state index in [4.69, 9.17) is 5.11 Å². The monoisotopic (exact) mass is 270 g/mol.